The van der Waals surface area contributed by atoms with Crippen molar-refractivity contribution in [2.75, 3.05) is 0 Å². The summed E-state index contributed by atoms with van der Waals surface area (Å²) >= 11 is 0. The van der Waals surface area contributed by atoms with E-state index in [4.69, 9.17) is 4.42 Å². The van der Waals surface area contributed by atoms with Gasteiger partial charge in [-0.3, -0.25) is 4.68 Å². The number of carbonyl (C=O) groups is 1. The Morgan fingerprint density at radius 3 is 2.68 bits per heavy atom. The van der Waals surface area contributed by atoms with Gasteiger partial charge < -0.3 is 14.6 Å². The lowest BCUT2D eigenvalue weighted by Crippen LogP contribution is -2.44. The minimum atomic E-state index is -0.0731. The summed E-state index contributed by atoms with van der Waals surface area (Å²) in [5.41, 5.74) is 3.20. The second-order valence-electron chi connectivity index (χ2n) is 6.95. The molecule has 0 bridgehead atoms. The molecular weight excluding hydrogens is 316 g/mol. The first-order valence-corrected chi connectivity index (χ1v) is 9.06. The van der Waals surface area contributed by atoms with Crippen molar-refractivity contribution >= 4 is 6.03 Å². The van der Waals surface area contributed by atoms with Crippen molar-refractivity contribution in [2.45, 2.75) is 65.1 Å². The van der Waals surface area contributed by atoms with Gasteiger partial charge in [-0.25, -0.2) is 4.79 Å². The van der Waals surface area contributed by atoms with E-state index in [0.29, 0.717) is 6.04 Å². The number of aryl methyl sites for hydroxylation is 2. The zero-order valence-corrected chi connectivity index (χ0v) is 15.7. The molecule has 0 saturated heterocycles. The quantitative estimate of drug-likeness (QED) is 0.861. The molecule has 2 aromatic rings. The van der Waals surface area contributed by atoms with Crippen LogP contribution in [0.5, 0.6) is 0 Å². The van der Waals surface area contributed by atoms with Crippen LogP contribution in [0, 0.1) is 13.8 Å². The Kier molecular flexibility index (Phi) is 4.88. The van der Waals surface area contributed by atoms with Gasteiger partial charge in [0.05, 0.1) is 24.0 Å². The summed E-state index contributed by atoms with van der Waals surface area (Å²) in [5, 5.41) is 7.73. The third-order valence-electron chi connectivity index (χ3n) is 5.17. The minimum absolute atomic E-state index is 0.0269. The van der Waals surface area contributed by atoms with E-state index in [2.05, 4.69) is 17.3 Å². The van der Waals surface area contributed by atoms with Crippen LogP contribution in [0.15, 0.2) is 22.8 Å². The highest BCUT2D eigenvalue weighted by molar-refractivity contribution is 5.76. The topological polar surface area (TPSA) is 63.3 Å². The Balaban J connectivity index is 1.80. The number of furan rings is 1. The zero-order valence-electron chi connectivity index (χ0n) is 15.7. The van der Waals surface area contributed by atoms with Crippen LogP contribution in [0.25, 0.3) is 0 Å². The van der Waals surface area contributed by atoms with Crippen molar-refractivity contribution in [3.05, 3.63) is 41.1 Å². The molecule has 0 unspecified atom stereocenters. The number of aromatic nitrogens is 2. The summed E-state index contributed by atoms with van der Waals surface area (Å²) in [7, 11) is 1.94. The maximum absolute atomic E-state index is 13.1. The number of nitrogens with zero attached hydrogens (tertiary/aromatic N) is 3. The maximum Gasteiger partial charge on any atom is 0.318 e. The Morgan fingerprint density at radius 1 is 1.48 bits per heavy atom. The summed E-state index contributed by atoms with van der Waals surface area (Å²) in [6, 6.07) is 3.96. The first-order chi connectivity index (χ1) is 11.9. The fourth-order valence-electron chi connectivity index (χ4n) is 3.57. The van der Waals surface area contributed by atoms with E-state index in [1.807, 2.05) is 49.5 Å². The first kappa shape index (κ1) is 17.6. The van der Waals surface area contributed by atoms with Crippen molar-refractivity contribution in [1.29, 1.82) is 0 Å². The standard InChI is InChI=1S/C19H28N4O2/c1-6-16(18-12(2)21-22(5)14(18)4)20-19(24)23(15-9-10-15)13(3)17-8-7-11-25-17/h7-8,11,13,15-16H,6,9-10H2,1-5H3,(H,20,24)/t13-,16+/m1/s1. The van der Waals surface area contributed by atoms with Crippen LogP contribution in [0.2, 0.25) is 0 Å². The number of hydrogen-bond donors (Lipinski definition) is 1. The fourth-order valence-corrected chi connectivity index (χ4v) is 3.57. The summed E-state index contributed by atoms with van der Waals surface area (Å²) in [6.07, 6.45) is 4.60. The molecule has 1 N–H and O–H groups in total. The van der Waals surface area contributed by atoms with Gasteiger partial charge in [-0.15, -0.1) is 0 Å². The third-order valence-corrected chi connectivity index (χ3v) is 5.17. The van der Waals surface area contributed by atoms with Gasteiger partial charge in [0, 0.05) is 24.3 Å². The van der Waals surface area contributed by atoms with E-state index in [9.17, 15) is 4.79 Å². The van der Waals surface area contributed by atoms with Crippen molar-refractivity contribution in [1.82, 2.24) is 20.0 Å². The van der Waals surface area contributed by atoms with E-state index in [-0.39, 0.29) is 18.1 Å². The Morgan fingerprint density at radius 2 is 2.20 bits per heavy atom. The second kappa shape index (κ2) is 6.94. The van der Waals surface area contributed by atoms with E-state index < -0.39 is 0 Å². The van der Waals surface area contributed by atoms with Crippen molar-refractivity contribution in [3.8, 4) is 0 Å². The molecule has 2 aromatic heterocycles. The summed E-state index contributed by atoms with van der Waals surface area (Å²) in [5.74, 6) is 0.823. The number of amides is 2. The molecule has 1 saturated carbocycles. The average Bonchev–Trinajstić information content (AvgIpc) is 3.17. The molecule has 0 spiro atoms. The van der Waals surface area contributed by atoms with Crippen LogP contribution in [0.3, 0.4) is 0 Å². The predicted molar refractivity (Wildman–Crippen MR) is 96.2 cm³/mol. The Bertz CT molecular complexity index is 731. The second-order valence-corrected chi connectivity index (χ2v) is 6.95. The van der Waals surface area contributed by atoms with E-state index in [0.717, 1.165) is 42.0 Å². The van der Waals surface area contributed by atoms with Crippen LogP contribution in [-0.4, -0.2) is 26.8 Å². The highest BCUT2D eigenvalue weighted by Gasteiger charge is 2.38. The molecule has 25 heavy (non-hydrogen) atoms. The van der Waals surface area contributed by atoms with Crippen molar-refractivity contribution < 1.29 is 9.21 Å². The highest BCUT2D eigenvalue weighted by atomic mass is 16.3. The molecule has 0 aliphatic heterocycles. The summed E-state index contributed by atoms with van der Waals surface area (Å²) in [4.78, 5) is 15.0. The molecule has 6 nitrogen and oxygen atoms in total. The van der Waals surface area contributed by atoms with Gasteiger partial charge in [-0.1, -0.05) is 6.92 Å². The highest BCUT2D eigenvalue weighted by Crippen LogP contribution is 2.35. The van der Waals surface area contributed by atoms with Crippen LogP contribution >= 0.6 is 0 Å². The van der Waals surface area contributed by atoms with Crippen molar-refractivity contribution in [2.24, 2.45) is 7.05 Å². The largest absolute Gasteiger partial charge is 0.467 e. The van der Waals surface area contributed by atoms with Crippen molar-refractivity contribution in [3.63, 3.8) is 0 Å². The van der Waals surface area contributed by atoms with Crippen LogP contribution in [0.4, 0.5) is 4.79 Å². The molecule has 0 radical (unpaired) electrons. The zero-order chi connectivity index (χ0) is 18.1. The van der Waals surface area contributed by atoms with Gasteiger partial charge in [-0.2, -0.15) is 5.10 Å². The van der Waals surface area contributed by atoms with E-state index in [1.165, 1.54) is 0 Å². The lowest BCUT2D eigenvalue weighted by atomic mass is 10.0. The lowest BCUT2D eigenvalue weighted by Gasteiger charge is -2.30. The minimum Gasteiger partial charge on any atom is -0.467 e. The number of rotatable bonds is 6. The molecule has 1 aliphatic rings. The molecule has 2 amide bonds. The van der Waals surface area contributed by atoms with Crippen LogP contribution < -0.4 is 5.32 Å². The Hall–Kier alpha value is -2.24. The monoisotopic (exact) mass is 344 g/mol. The molecule has 0 aromatic carbocycles. The van der Waals surface area contributed by atoms with Gasteiger partial charge in [-0.05, 0) is 52.2 Å². The molecule has 3 rings (SSSR count). The lowest BCUT2D eigenvalue weighted by molar-refractivity contribution is 0.162. The number of nitrogens with one attached hydrogen (secondary N) is 1. The molecule has 136 valence electrons. The van der Waals surface area contributed by atoms with Crippen LogP contribution in [-0.2, 0) is 7.05 Å². The molecule has 6 heteroatoms. The number of urea groups is 1. The molecule has 1 aliphatic carbocycles. The summed E-state index contributed by atoms with van der Waals surface area (Å²) in [6.45, 7) is 8.17. The molecular formula is C19H28N4O2. The van der Waals surface area contributed by atoms with E-state index in [1.54, 1.807) is 6.26 Å². The van der Waals surface area contributed by atoms with Gasteiger partial charge in [0.15, 0.2) is 0 Å². The number of hydrogen-bond acceptors (Lipinski definition) is 3. The normalized spacial score (nSPS) is 16.5. The van der Waals surface area contributed by atoms with E-state index >= 15 is 0 Å². The van der Waals surface area contributed by atoms with Gasteiger partial charge in [0.2, 0.25) is 0 Å². The molecule has 2 heterocycles. The molecule has 2 atom stereocenters. The van der Waals surface area contributed by atoms with Gasteiger partial charge in [0.25, 0.3) is 0 Å². The average molecular weight is 344 g/mol. The van der Waals surface area contributed by atoms with Crippen LogP contribution in [0.1, 0.15) is 67.9 Å². The first-order valence-electron chi connectivity index (χ1n) is 9.06. The summed E-state index contributed by atoms with van der Waals surface area (Å²) < 4.78 is 7.41. The predicted octanol–water partition coefficient (Wildman–Crippen LogP) is 4.02. The van der Waals surface area contributed by atoms with Gasteiger partial charge >= 0.3 is 6.03 Å². The maximum atomic E-state index is 13.1. The molecule has 1 fully saturated rings. The Labute approximate surface area is 149 Å². The number of carbonyl (C=O) groups excluding carboxylic acids is 1. The third kappa shape index (κ3) is 3.43. The smallest absolute Gasteiger partial charge is 0.318 e. The SMILES string of the molecule is CC[C@H](NC(=O)N(C1CC1)[C@H](C)c1ccco1)c1c(C)nn(C)c1C. The fraction of sp³-hybridized carbons (Fsp3) is 0.579. The van der Waals surface area contributed by atoms with Gasteiger partial charge in [0.1, 0.15) is 5.76 Å².